The third-order valence-corrected chi connectivity index (χ3v) is 6.96. The van der Waals surface area contributed by atoms with Gasteiger partial charge >= 0.3 is 0 Å². The number of nitrogens with zero attached hydrogens (tertiary/aromatic N) is 1. The molecule has 0 radical (unpaired) electrons. The van der Waals surface area contributed by atoms with Crippen LogP contribution in [-0.4, -0.2) is 50.5 Å². The van der Waals surface area contributed by atoms with Crippen LogP contribution >= 0.6 is 11.6 Å². The summed E-state index contributed by atoms with van der Waals surface area (Å²) < 4.78 is 32.4. The number of rotatable bonds is 6. The number of ether oxygens (including phenoxy) is 1. The summed E-state index contributed by atoms with van der Waals surface area (Å²) in [5.74, 6) is -0.407. The maximum Gasteiger partial charge on any atom is 0.253 e. The predicted octanol–water partition coefficient (Wildman–Crippen LogP) is 3.11. The molecular weight excluding hydrogens is 412 g/mol. The molecule has 2 aromatic carbocycles. The Bertz CT molecular complexity index is 971. The molecule has 2 aromatic rings. The Morgan fingerprint density at radius 2 is 1.79 bits per heavy atom. The summed E-state index contributed by atoms with van der Waals surface area (Å²) in [4.78, 5) is 13.0. The number of morpholine rings is 1. The SMILES string of the molecule is CC(C)(Cc1ccccc1)NC(=O)c1cc(S(=O)(=O)N2CCOCC2)ccc1Cl. The molecule has 0 atom stereocenters. The molecule has 0 saturated carbocycles. The van der Waals surface area contributed by atoms with Crippen LogP contribution in [0.1, 0.15) is 29.8 Å². The zero-order valence-electron chi connectivity index (χ0n) is 16.5. The van der Waals surface area contributed by atoms with E-state index in [1.165, 1.54) is 22.5 Å². The first-order valence-electron chi connectivity index (χ1n) is 9.43. The standard InChI is InChI=1S/C21H25ClN2O4S/c1-21(2,15-16-6-4-3-5-7-16)23-20(25)18-14-17(8-9-19(18)22)29(26,27)24-10-12-28-13-11-24/h3-9,14H,10-13,15H2,1-2H3,(H,23,25). The fourth-order valence-electron chi connectivity index (χ4n) is 3.30. The molecule has 1 aliphatic heterocycles. The van der Waals surface area contributed by atoms with Crippen LogP contribution in [0.2, 0.25) is 5.02 Å². The Morgan fingerprint density at radius 1 is 1.14 bits per heavy atom. The van der Waals surface area contributed by atoms with E-state index in [9.17, 15) is 13.2 Å². The van der Waals surface area contributed by atoms with E-state index in [-0.39, 0.29) is 28.6 Å². The summed E-state index contributed by atoms with van der Waals surface area (Å²) in [7, 11) is -3.71. The van der Waals surface area contributed by atoms with E-state index < -0.39 is 21.5 Å². The van der Waals surface area contributed by atoms with Gasteiger partial charge in [0.25, 0.3) is 5.91 Å². The Morgan fingerprint density at radius 3 is 2.45 bits per heavy atom. The first-order valence-corrected chi connectivity index (χ1v) is 11.2. The second-order valence-corrected chi connectivity index (χ2v) is 10.0. The lowest BCUT2D eigenvalue weighted by molar-refractivity contribution is 0.0730. The molecule has 0 aliphatic carbocycles. The smallest absolute Gasteiger partial charge is 0.253 e. The third kappa shape index (κ3) is 5.36. The van der Waals surface area contributed by atoms with E-state index in [2.05, 4.69) is 5.32 Å². The van der Waals surface area contributed by atoms with Gasteiger partial charge in [0.05, 0.1) is 28.7 Å². The van der Waals surface area contributed by atoms with Crippen LogP contribution in [0.15, 0.2) is 53.4 Å². The van der Waals surface area contributed by atoms with Crippen molar-refractivity contribution in [2.45, 2.75) is 30.7 Å². The molecular formula is C21H25ClN2O4S. The Balaban J connectivity index is 1.81. The van der Waals surface area contributed by atoms with Crippen LogP contribution in [0.4, 0.5) is 0 Å². The van der Waals surface area contributed by atoms with Crippen LogP contribution in [0.3, 0.4) is 0 Å². The number of carbonyl (C=O) groups excluding carboxylic acids is 1. The first kappa shape index (κ1) is 21.8. The molecule has 1 saturated heterocycles. The molecule has 6 nitrogen and oxygen atoms in total. The van der Waals surface area contributed by atoms with Gasteiger partial charge in [0, 0.05) is 18.6 Å². The zero-order chi connectivity index (χ0) is 21.1. The van der Waals surface area contributed by atoms with Gasteiger partial charge in [-0.3, -0.25) is 4.79 Å². The van der Waals surface area contributed by atoms with Gasteiger partial charge in [-0.1, -0.05) is 41.9 Å². The van der Waals surface area contributed by atoms with Crippen LogP contribution in [0.5, 0.6) is 0 Å². The maximum atomic E-state index is 12.9. The molecule has 1 N–H and O–H groups in total. The lowest BCUT2D eigenvalue weighted by Crippen LogP contribution is -2.45. The fourth-order valence-corrected chi connectivity index (χ4v) is 4.94. The van der Waals surface area contributed by atoms with Gasteiger partial charge in [-0.15, -0.1) is 0 Å². The molecule has 0 unspecified atom stereocenters. The molecule has 0 bridgehead atoms. The number of sulfonamides is 1. The number of hydrogen-bond acceptors (Lipinski definition) is 4. The minimum atomic E-state index is -3.71. The largest absolute Gasteiger partial charge is 0.379 e. The van der Waals surface area contributed by atoms with Gasteiger partial charge in [0.2, 0.25) is 10.0 Å². The van der Waals surface area contributed by atoms with Crippen molar-refractivity contribution >= 4 is 27.5 Å². The van der Waals surface area contributed by atoms with Crippen molar-refractivity contribution in [3.05, 3.63) is 64.7 Å². The van der Waals surface area contributed by atoms with Crippen molar-refractivity contribution in [1.29, 1.82) is 0 Å². The monoisotopic (exact) mass is 436 g/mol. The van der Waals surface area contributed by atoms with E-state index in [4.69, 9.17) is 16.3 Å². The van der Waals surface area contributed by atoms with Crippen molar-refractivity contribution in [1.82, 2.24) is 9.62 Å². The van der Waals surface area contributed by atoms with Crippen LogP contribution in [-0.2, 0) is 21.2 Å². The highest BCUT2D eigenvalue weighted by Crippen LogP contribution is 2.24. The highest BCUT2D eigenvalue weighted by atomic mass is 35.5. The summed E-state index contributed by atoms with van der Waals surface area (Å²) in [6.45, 7) is 5.12. The van der Waals surface area contributed by atoms with Gasteiger partial charge in [-0.25, -0.2) is 8.42 Å². The van der Waals surface area contributed by atoms with Crippen LogP contribution < -0.4 is 5.32 Å². The minimum Gasteiger partial charge on any atom is -0.379 e. The van der Waals surface area contributed by atoms with Crippen molar-refractivity contribution in [2.24, 2.45) is 0 Å². The predicted molar refractivity (Wildman–Crippen MR) is 113 cm³/mol. The lowest BCUT2D eigenvalue weighted by Gasteiger charge is -2.27. The third-order valence-electron chi connectivity index (χ3n) is 4.73. The summed E-state index contributed by atoms with van der Waals surface area (Å²) in [6.07, 6.45) is 0.628. The van der Waals surface area contributed by atoms with Crippen molar-refractivity contribution in [2.75, 3.05) is 26.3 Å². The lowest BCUT2D eigenvalue weighted by atomic mass is 9.94. The molecule has 1 heterocycles. The number of halogens is 1. The van der Waals surface area contributed by atoms with E-state index in [0.717, 1.165) is 5.56 Å². The van der Waals surface area contributed by atoms with E-state index in [1.54, 1.807) is 0 Å². The Hall–Kier alpha value is -1.93. The minimum absolute atomic E-state index is 0.0508. The molecule has 0 aromatic heterocycles. The van der Waals surface area contributed by atoms with Crippen molar-refractivity contribution in [3.63, 3.8) is 0 Å². The number of amides is 1. The topological polar surface area (TPSA) is 75.7 Å². The summed E-state index contributed by atoms with van der Waals surface area (Å²) in [6, 6.07) is 14.1. The Labute approximate surface area is 176 Å². The van der Waals surface area contributed by atoms with Gasteiger partial charge in [-0.05, 0) is 44.0 Å². The number of hydrogen-bond donors (Lipinski definition) is 1. The van der Waals surface area contributed by atoms with Gasteiger partial charge < -0.3 is 10.1 Å². The normalized spacial score (nSPS) is 15.8. The second kappa shape index (κ2) is 8.83. The number of benzene rings is 2. The summed E-state index contributed by atoms with van der Waals surface area (Å²) in [5.41, 5.74) is 0.690. The van der Waals surface area contributed by atoms with Crippen LogP contribution in [0.25, 0.3) is 0 Å². The molecule has 3 rings (SSSR count). The molecule has 0 spiro atoms. The molecule has 1 aliphatic rings. The second-order valence-electron chi connectivity index (χ2n) is 7.66. The maximum absolute atomic E-state index is 12.9. The van der Waals surface area contributed by atoms with Crippen molar-refractivity contribution in [3.8, 4) is 0 Å². The van der Waals surface area contributed by atoms with E-state index >= 15 is 0 Å². The quantitative estimate of drug-likeness (QED) is 0.754. The first-order chi connectivity index (χ1) is 13.7. The summed E-state index contributed by atoms with van der Waals surface area (Å²) >= 11 is 6.23. The summed E-state index contributed by atoms with van der Waals surface area (Å²) in [5, 5.41) is 3.18. The fraction of sp³-hybridized carbons (Fsp3) is 0.381. The molecule has 1 amide bonds. The Kier molecular flexibility index (Phi) is 6.63. The zero-order valence-corrected chi connectivity index (χ0v) is 18.1. The highest BCUT2D eigenvalue weighted by Gasteiger charge is 2.29. The average molecular weight is 437 g/mol. The molecule has 156 valence electrons. The molecule has 8 heteroatoms. The highest BCUT2D eigenvalue weighted by molar-refractivity contribution is 7.89. The average Bonchev–Trinajstić information content (AvgIpc) is 2.68. The number of nitrogens with one attached hydrogen (secondary N) is 1. The van der Waals surface area contributed by atoms with Crippen molar-refractivity contribution < 1.29 is 17.9 Å². The van der Waals surface area contributed by atoms with Crippen LogP contribution in [0, 0.1) is 0 Å². The van der Waals surface area contributed by atoms with Gasteiger partial charge in [0.1, 0.15) is 0 Å². The molecule has 29 heavy (non-hydrogen) atoms. The van der Waals surface area contributed by atoms with Gasteiger partial charge in [-0.2, -0.15) is 4.31 Å². The van der Waals surface area contributed by atoms with E-state index in [0.29, 0.717) is 19.6 Å². The number of carbonyl (C=O) groups is 1. The van der Waals surface area contributed by atoms with Gasteiger partial charge in [0.15, 0.2) is 0 Å². The van der Waals surface area contributed by atoms with E-state index in [1.807, 2.05) is 44.2 Å². The molecule has 1 fully saturated rings.